The van der Waals surface area contributed by atoms with Crippen molar-refractivity contribution in [3.8, 4) is 0 Å². The van der Waals surface area contributed by atoms with Gasteiger partial charge in [0.1, 0.15) is 5.82 Å². The van der Waals surface area contributed by atoms with Crippen molar-refractivity contribution in [3.05, 3.63) is 17.7 Å². The van der Waals surface area contributed by atoms with E-state index < -0.39 is 0 Å². The average Bonchev–Trinajstić information content (AvgIpc) is 2.58. The van der Waals surface area contributed by atoms with Gasteiger partial charge in [0.05, 0.1) is 12.3 Å². The van der Waals surface area contributed by atoms with E-state index in [1.165, 1.54) is 5.69 Å². The van der Waals surface area contributed by atoms with Gasteiger partial charge in [0.25, 0.3) is 0 Å². The summed E-state index contributed by atoms with van der Waals surface area (Å²) in [5.74, 6) is 1.06. The first-order valence-electron chi connectivity index (χ1n) is 5.59. The summed E-state index contributed by atoms with van der Waals surface area (Å²) in [6.45, 7) is 10.4. The number of hydrogen-bond acceptors (Lipinski definition) is 3. The molecule has 1 heterocycles. The van der Waals surface area contributed by atoms with Crippen molar-refractivity contribution in [2.45, 2.75) is 33.9 Å². The van der Waals surface area contributed by atoms with Crippen LogP contribution in [0.25, 0.3) is 0 Å². The number of aromatic nitrogens is 2. The van der Waals surface area contributed by atoms with Crippen molar-refractivity contribution in [3.63, 3.8) is 0 Å². The van der Waals surface area contributed by atoms with Crippen LogP contribution in [0.4, 0.5) is 0 Å². The van der Waals surface area contributed by atoms with E-state index in [2.05, 4.69) is 21.8 Å². The van der Waals surface area contributed by atoms with Gasteiger partial charge in [0, 0.05) is 25.9 Å². The van der Waals surface area contributed by atoms with Crippen molar-refractivity contribution in [1.82, 2.24) is 14.9 Å². The Balaban J connectivity index is 2.54. The van der Waals surface area contributed by atoms with Crippen LogP contribution in [-0.2, 0) is 17.8 Å². The molecule has 1 aromatic heterocycles. The summed E-state index contributed by atoms with van der Waals surface area (Å²) in [6.07, 6.45) is 1.93. The molecule has 0 amide bonds. The van der Waals surface area contributed by atoms with Gasteiger partial charge in [-0.2, -0.15) is 0 Å². The van der Waals surface area contributed by atoms with Gasteiger partial charge in [0.2, 0.25) is 0 Å². The zero-order chi connectivity index (χ0) is 11.1. The Kier molecular flexibility index (Phi) is 5.36. The first-order valence-corrected chi connectivity index (χ1v) is 5.59. The molecular formula is C11H21N3O. The molecule has 0 fully saturated rings. The van der Waals surface area contributed by atoms with Gasteiger partial charge < -0.3 is 14.6 Å². The minimum Gasteiger partial charge on any atom is -0.380 e. The Morgan fingerprint density at radius 1 is 1.47 bits per heavy atom. The van der Waals surface area contributed by atoms with Gasteiger partial charge in [-0.3, -0.25) is 0 Å². The molecule has 0 radical (unpaired) electrons. The summed E-state index contributed by atoms with van der Waals surface area (Å²) in [7, 11) is 0. The Hall–Kier alpha value is -0.870. The molecule has 1 N–H and O–H groups in total. The first kappa shape index (κ1) is 12.2. The molecule has 1 aromatic rings. The largest absolute Gasteiger partial charge is 0.380 e. The summed E-state index contributed by atoms with van der Waals surface area (Å²) in [4.78, 5) is 4.32. The van der Waals surface area contributed by atoms with Crippen LogP contribution < -0.4 is 5.32 Å². The fourth-order valence-corrected chi connectivity index (χ4v) is 1.51. The lowest BCUT2D eigenvalue weighted by molar-refractivity contribution is 0.138. The summed E-state index contributed by atoms with van der Waals surface area (Å²) in [6, 6.07) is 0. The number of nitrogens with one attached hydrogen (secondary N) is 1. The van der Waals surface area contributed by atoms with E-state index in [1.807, 2.05) is 20.0 Å². The van der Waals surface area contributed by atoms with Crippen molar-refractivity contribution < 1.29 is 4.74 Å². The molecule has 0 spiro atoms. The normalized spacial score (nSPS) is 10.9. The van der Waals surface area contributed by atoms with E-state index in [4.69, 9.17) is 4.74 Å². The standard InChI is InChI=1S/C11H21N3O/c1-4-12-8-11-9-13-10(3)14(11)6-7-15-5-2/h9,12H,4-8H2,1-3H3. The summed E-state index contributed by atoms with van der Waals surface area (Å²) in [5.41, 5.74) is 1.23. The van der Waals surface area contributed by atoms with E-state index in [1.54, 1.807) is 0 Å². The smallest absolute Gasteiger partial charge is 0.105 e. The minimum atomic E-state index is 0.757. The van der Waals surface area contributed by atoms with Crippen LogP contribution in [0.5, 0.6) is 0 Å². The second-order valence-electron chi connectivity index (χ2n) is 3.43. The van der Waals surface area contributed by atoms with E-state index in [0.717, 1.165) is 38.7 Å². The molecule has 0 aliphatic heterocycles. The van der Waals surface area contributed by atoms with Crippen molar-refractivity contribution in [2.75, 3.05) is 19.8 Å². The number of ether oxygens (including phenoxy) is 1. The molecule has 0 aliphatic carbocycles. The van der Waals surface area contributed by atoms with E-state index >= 15 is 0 Å². The minimum absolute atomic E-state index is 0.757. The zero-order valence-corrected chi connectivity index (χ0v) is 9.92. The topological polar surface area (TPSA) is 39.1 Å². The third-order valence-corrected chi connectivity index (χ3v) is 2.36. The molecule has 0 aromatic carbocycles. The maximum Gasteiger partial charge on any atom is 0.105 e. The second kappa shape index (κ2) is 6.58. The van der Waals surface area contributed by atoms with Crippen molar-refractivity contribution >= 4 is 0 Å². The van der Waals surface area contributed by atoms with E-state index in [0.29, 0.717) is 0 Å². The van der Waals surface area contributed by atoms with Crippen LogP contribution in [-0.4, -0.2) is 29.3 Å². The molecule has 4 nitrogen and oxygen atoms in total. The van der Waals surface area contributed by atoms with Gasteiger partial charge in [-0.1, -0.05) is 6.92 Å². The Morgan fingerprint density at radius 2 is 2.27 bits per heavy atom. The van der Waals surface area contributed by atoms with Crippen molar-refractivity contribution in [1.29, 1.82) is 0 Å². The molecule has 0 unspecified atom stereocenters. The zero-order valence-electron chi connectivity index (χ0n) is 9.92. The number of aryl methyl sites for hydroxylation is 1. The van der Waals surface area contributed by atoms with Gasteiger partial charge in [-0.05, 0) is 20.4 Å². The van der Waals surface area contributed by atoms with Crippen molar-refractivity contribution in [2.24, 2.45) is 0 Å². The van der Waals surface area contributed by atoms with Crippen LogP contribution in [0.3, 0.4) is 0 Å². The molecule has 0 saturated heterocycles. The van der Waals surface area contributed by atoms with Gasteiger partial charge in [-0.25, -0.2) is 4.98 Å². The second-order valence-corrected chi connectivity index (χ2v) is 3.43. The van der Waals surface area contributed by atoms with Crippen LogP contribution in [0.2, 0.25) is 0 Å². The monoisotopic (exact) mass is 211 g/mol. The number of rotatable bonds is 7. The predicted octanol–water partition coefficient (Wildman–Crippen LogP) is 1.34. The highest BCUT2D eigenvalue weighted by Crippen LogP contribution is 2.04. The van der Waals surface area contributed by atoms with Crippen LogP contribution in [0, 0.1) is 6.92 Å². The van der Waals surface area contributed by atoms with Gasteiger partial charge in [0.15, 0.2) is 0 Å². The average molecular weight is 211 g/mol. The van der Waals surface area contributed by atoms with Crippen LogP contribution in [0.15, 0.2) is 6.20 Å². The van der Waals surface area contributed by atoms with Crippen LogP contribution >= 0.6 is 0 Å². The molecule has 1 rings (SSSR count). The third-order valence-electron chi connectivity index (χ3n) is 2.36. The molecule has 86 valence electrons. The Bertz CT molecular complexity index is 283. The SMILES string of the molecule is CCNCc1cnc(C)n1CCOCC. The quantitative estimate of drug-likeness (QED) is 0.692. The highest BCUT2D eigenvalue weighted by atomic mass is 16.5. The maximum atomic E-state index is 5.35. The molecular weight excluding hydrogens is 190 g/mol. The first-order chi connectivity index (χ1) is 7.29. The lowest BCUT2D eigenvalue weighted by Crippen LogP contribution is -2.17. The van der Waals surface area contributed by atoms with Gasteiger partial charge >= 0.3 is 0 Å². The molecule has 15 heavy (non-hydrogen) atoms. The molecule has 0 atom stereocenters. The number of imidazole rings is 1. The predicted molar refractivity (Wildman–Crippen MR) is 60.8 cm³/mol. The molecule has 0 saturated carbocycles. The summed E-state index contributed by atoms with van der Waals surface area (Å²) in [5, 5.41) is 3.31. The van der Waals surface area contributed by atoms with E-state index in [9.17, 15) is 0 Å². The lowest BCUT2D eigenvalue weighted by atomic mass is 10.4. The lowest BCUT2D eigenvalue weighted by Gasteiger charge is -2.10. The Labute approximate surface area is 91.7 Å². The number of nitrogens with zero attached hydrogens (tertiary/aromatic N) is 2. The van der Waals surface area contributed by atoms with E-state index in [-0.39, 0.29) is 0 Å². The summed E-state index contributed by atoms with van der Waals surface area (Å²) >= 11 is 0. The molecule has 0 bridgehead atoms. The highest BCUT2D eigenvalue weighted by Gasteiger charge is 2.05. The fourth-order valence-electron chi connectivity index (χ4n) is 1.51. The number of hydrogen-bond donors (Lipinski definition) is 1. The summed E-state index contributed by atoms with van der Waals surface area (Å²) < 4.78 is 7.56. The van der Waals surface area contributed by atoms with Gasteiger partial charge in [-0.15, -0.1) is 0 Å². The maximum absolute atomic E-state index is 5.35. The molecule has 0 aliphatic rings. The third kappa shape index (κ3) is 3.64. The van der Waals surface area contributed by atoms with Crippen LogP contribution in [0.1, 0.15) is 25.4 Å². The Morgan fingerprint density at radius 3 is 2.93 bits per heavy atom. The molecule has 4 heteroatoms. The highest BCUT2D eigenvalue weighted by molar-refractivity contribution is 5.04. The fraction of sp³-hybridized carbons (Fsp3) is 0.727.